The van der Waals surface area contributed by atoms with Gasteiger partial charge in [-0.05, 0) is 26.0 Å². The van der Waals surface area contributed by atoms with Crippen molar-refractivity contribution >= 4 is 30.1 Å². The smallest absolute Gasteiger partial charge is 0.356 e. The van der Waals surface area contributed by atoms with Crippen LogP contribution in [0.5, 0.6) is 5.75 Å². The molecular weight excluding hydrogens is 256 g/mol. The van der Waals surface area contributed by atoms with Crippen molar-refractivity contribution in [3.8, 4) is 5.75 Å². The highest BCUT2D eigenvalue weighted by atomic mass is 32.1. The fourth-order valence-corrected chi connectivity index (χ4v) is 1.34. The Hall–Kier alpha value is -2.02. The first kappa shape index (κ1) is 14.0. The zero-order valence-corrected chi connectivity index (χ0v) is 10.7. The van der Waals surface area contributed by atoms with Crippen molar-refractivity contribution in [2.75, 3.05) is 5.32 Å². The molecule has 0 fully saturated rings. The van der Waals surface area contributed by atoms with Crippen LogP contribution in [0.2, 0.25) is 0 Å². The predicted molar refractivity (Wildman–Crippen MR) is 68.0 cm³/mol. The predicted octanol–water partition coefficient (Wildman–Crippen LogP) is 2.43. The summed E-state index contributed by atoms with van der Waals surface area (Å²) in [5.74, 6) is -0.708. The molecule has 0 aliphatic rings. The Morgan fingerprint density at radius 1 is 1.44 bits per heavy atom. The van der Waals surface area contributed by atoms with Crippen LogP contribution in [0.3, 0.4) is 0 Å². The van der Waals surface area contributed by atoms with Crippen LogP contribution in [-0.2, 0) is 12.4 Å². The number of hydrogen-bond acceptors (Lipinski definition) is 4. The van der Waals surface area contributed by atoms with Gasteiger partial charge in [0.2, 0.25) is 0 Å². The van der Waals surface area contributed by atoms with E-state index < -0.39 is 12.0 Å². The molecule has 0 saturated carbocycles. The van der Waals surface area contributed by atoms with Crippen LogP contribution in [0.4, 0.5) is 10.5 Å². The Balaban J connectivity index is 3.10. The maximum absolute atomic E-state index is 11.1. The Kier molecular flexibility index (Phi) is 4.73. The number of amides is 2. The zero-order valence-electron chi connectivity index (χ0n) is 9.84. The van der Waals surface area contributed by atoms with Gasteiger partial charge in [-0.1, -0.05) is 0 Å². The lowest BCUT2D eigenvalue weighted by atomic mass is 10.1. The van der Waals surface area contributed by atoms with Crippen molar-refractivity contribution in [2.45, 2.75) is 20.0 Å². The van der Waals surface area contributed by atoms with E-state index in [1.165, 1.54) is 18.2 Å². The molecule has 1 aromatic rings. The standard InChI is InChI=1S/C11H12N2O4S/c1-6(2)17-7-3-4-8(10(14)15)9(5-7)12-11(16)13-18/h3-6H,1-2H3,(H,12,16)(H,14,15). The number of benzene rings is 1. The highest BCUT2D eigenvalue weighted by Gasteiger charge is 2.13. The molecule has 0 aliphatic carbocycles. The Bertz CT molecular complexity index is 488. The zero-order chi connectivity index (χ0) is 13.7. The van der Waals surface area contributed by atoms with E-state index in [0.29, 0.717) is 5.75 Å². The van der Waals surface area contributed by atoms with Gasteiger partial charge in [0.15, 0.2) is 0 Å². The summed E-state index contributed by atoms with van der Waals surface area (Å²) in [5, 5.41) is 11.3. The van der Waals surface area contributed by atoms with Crippen molar-refractivity contribution in [2.24, 2.45) is 4.36 Å². The number of nitrogens with zero attached hydrogens (tertiary/aromatic N) is 1. The number of carboxylic acids is 1. The number of carbonyl (C=O) groups is 2. The van der Waals surface area contributed by atoms with Gasteiger partial charge in [-0.2, -0.15) is 0 Å². The average Bonchev–Trinajstić information content (AvgIpc) is 2.27. The minimum Gasteiger partial charge on any atom is -0.491 e. The van der Waals surface area contributed by atoms with Crippen molar-refractivity contribution < 1.29 is 19.4 Å². The molecule has 0 aliphatic heterocycles. The van der Waals surface area contributed by atoms with Crippen LogP contribution in [0.25, 0.3) is 0 Å². The van der Waals surface area contributed by atoms with Crippen LogP contribution >= 0.6 is 0 Å². The van der Waals surface area contributed by atoms with Crippen LogP contribution in [0, 0.1) is 0 Å². The molecule has 0 bridgehead atoms. The number of anilines is 1. The lowest BCUT2D eigenvalue weighted by molar-refractivity contribution is 0.0698. The van der Waals surface area contributed by atoms with E-state index in [9.17, 15) is 9.59 Å². The molecule has 2 N–H and O–H groups in total. The highest BCUT2D eigenvalue weighted by Crippen LogP contribution is 2.23. The van der Waals surface area contributed by atoms with Gasteiger partial charge in [0.05, 0.1) is 17.4 Å². The van der Waals surface area contributed by atoms with Gasteiger partial charge in [-0.25, -0.2) is 9.59 Å². The van der Waals surface area contributed by atoms with Crippen LogP contribution in [-0.4, -0.2) is 23.2 Å². The van der Waals surface area contributed by atoms with E-state index in [1.807, 2.05) is 13.8 Å². The molecule has 0 heterocycles. The SMILES string of the molecule is CC(C)Oc1ccc(C(=O)O)c(NC(=O)N=S)c1. The Labute approximate surface area is 109 Å². The third-order valence-electron chi connectivity index (χ3n) is 1.92. The quantitative estimate of drug-likeness (QED) is 0.875. The monoisotopic (exact) mass is 268 g/mol. The number of rotatable bonds is 4. The summed E-state index contributed by atoms with van der Waals surface area (Å²) in [6.45, 7) is 3.67. The van der Waals surface area contributed by atoms with E-state index >= 15 is 0 Å². The molecular formula is C11H12N2O4S. The fraction of sp³-hybridized carbons (Fsp3) is 0.273. The van der Waals surface area contributed by atoms with Crippen molar-refractivity contribution in [3.05, 3.63) is 23.8 Å². The average molecular weight is 268 g/mol. The number of ether oxygens (including phenoxy) is 1. The number of hydrogen-bond donors (Lipinski definition) is 2. The summed E-state index contributed by atoms with van der Waals surface area (Å²) in [4.78, 5) is 22.1. The van der Waals surface area contributed by atoms with E-state index in [1.54, 1.807) is 0 Å². The summed E-state index contributed by atoms with van der Waals surface area (Å²) in [5.41, 5.74) is 0.0392. The van der Waals surface area contributed by atoms with Crippen LogP contribution < -0.4 is 10.1 Å². The lowest BCUT2D eigenvalue weighted by Gasteiger charge is -2.12. The minimum atomic E-state index is -1.16. The van der Waals surface area contributed by atoms with Crippen molar-refractivity contribution in [1.29, 1.82) is 0 Å². The Morgan fingerprint density at radius 2 is 2.11 bits per heavy atom. The van der Waals surface area contributed by atoms with Crippen LogP contribution in [0.15, 0.2) is 22.6 Å². The first-order valence-electron chi connectivity index (χ1n) is 5.12. The molecule has 7 heteroatoms. The first-order chi connectivity index (χ1) is 8.43. The van der Waals surface area contributed by atoms with Gasteiger partial charge >= 0.3 is 12.0 Å². The van der Waals surface area contributed by atoms with E-state index in [2.05, 4.69) is 22.1 Å². The van der Waals surface area contributed by atoms with Gasteiger partial charge in [0.1, 0.15) is 5.75 Å². The number of aromatic carboxylic acids is 1. The Morgan fingerprint density at radius 3 is 2.61 bits per heavy atom. The first-order valence-corrected chi connectivity index (χ1v) is 5.49. The summed E-state index contributed by atoms with van der Waals surface area (Å²) >= 11 is 4.22. The fourth-order valence-electron chi connectivity index (χ4n) is 1.30. The van der Waals surface area contributed by atoms with Gasteiger partial charge < -0.3 is 15.2 Å². The van der Waals surface area contributed by atoms with Crippen LogP contribution in [0.1, 0.15) is 24.2 Å². The van der Waals surface area contributed by atoms with Gasteiger partial charge in [-0.15, -0.1) is 4.36 Å². The summed E-state index contributed by atoms with van der Waals surface area (Å²) in [7, 11) is 0. The largest absolute Gasteiger partial charge is 0.491 e. The third-order valence-corrected chi connectivity index (χ3v) is 2.08. The molecule has 1 aromatic carbocycles. The van der Waals surface area contributed by atoms with E-state index in [4.69, 9.17) is 9.84 Å². The molecule has 2 amide bonds. The summed E-state index contributed by atoms with van der Waals surface area (Å²) in [6, 6.07) is 3.49. The minimum absolute atomic E-state index is 0.0573. The summed E-state index contributed by atoms with van der Waals surface area (Å²) in [6.07, 6.45) is -0.0622. The van der Waals surface area contributed by atoms with E-state index in [-0.39, 0.29) is 17.4 Å². The molecule has 1 rings (SSSR count). The van der Waals surface area contributed by atoms with Crippen molar-refractivity contribution in [3.63, 3.8) is 0 Å². The summed E-state index contributed by atoms with van der Waals surface area (Å²) < 4.78 is 8.38. The molecule has 6 nitrogen and oxygen atoms in total. The third kappa shape index (κ3) is 3.77. The normalized spacial score (nSPS) is 9.94. The second-order valence-corrected chi connectivity index (χ2v) is 3.88. The van der Waals surface area contributed by atoms with Gasteiger partial charge in [0.25, 0.3) is 0 Å². The highest BCUT2D eigenvalue weighted by molar-refractivity contribution is 7.47. The van der Waals surface area contributed by atoms with Gasteiger partial charge in [0, 0.05) is 18.5 Å². The maximum Gasteiger partial charge on any atom is 0.356 e. The van der Waals surface area contributed by atoms with Crippen molar-refractivity contribution in [1.82, 2.24) is 0 Å². The topological polar surface area (TPSA) is 88.0 Å². The molecule has 18 heavy (non-hydrogen) atoms. The molecule has 96 valence electrons. The van der Waals surface area contributed by atoms with E-state index in [0.717, 1.165) is 0 Å². The second kappa shape index (κ2) is 6.06. The second-order valence-electron chi connectivity index (χ2n) is 3.70. The molecule has 0 unspecified atom stereocenters. The van der Waals surface area contributed by atoms with Gasteiger partial charge in [-0.3, -0.25) is 0 Å². The molecule has 0 atom stereocenters. The number of carbonyl (C=O) groups excluding carboxylic acids is 1. The number of urea groups is 1. The molecule has 0 aromatic heterocycles. The number of nitrogens with one attached hydrogen (secondary N) is 1. The molecule has 0 radical (unpaired) electrons. The molecule has 0 saturated heterocycles. The lowest BCUT2D eigenvalue weighted by Crippen LogP contribution is -2.12. The molecule has 0 spiro atoms. The number of carboxylic acid groups (broad SMARTS) is 1. The maximum atomic E-state index is 11.1.